The molecule has 0 radical (unpaired) electrons. The molecule has 0 aliphatic carbocycles. The van der Waals surface area contributed by atoms with Gasteiger partial charge in [-0.2, -0.15) is 0 Å². The van der Waals surface area contributed by atoms with Crippen LogP contribution in [0.3, 0.4) is 0 Å². The van der Waals surface area contributed by atoms with Gasteiger partial charge in [-0.05, 0) is 38.0 Å². The van der Waals surface area contributed by atoms with Crippen molar-refractivity contribution in [1.29, 1.82) is 0 Å². The number of methoxy groups -OCH3 is 1. The van der Waals surface area contributed by atoms with Crippen LogP contribution < -0.4 is 0 Å². The predicted octanol–water partition coefficient (Wildman–Crippen LogP) is 5.67. The Hall–Kier alpha value is -1.24. The highest BCUT2D eigenvalue weighted by atomic mass is 16.5. The van der Waals surface area contributed by atoms with Gasteiger partial charge in [-0.1, -0.05) is 52.5 Å². The van der Waals surface area contributed by atoms with E-state index in [1.165, 1.54) is 0 Å². The summed E-state index contributed by atoms with van der Waals surface area (Å²) in [6.45, 7) is 17.7. The van der Waals surface area contributed by atoms with E-state index in [9.17, 15) is 0 Å². The zero-order valence-corrected chi connectivity index (χ0v) is 12.9. The van der Waals surface area contributed by atoms with Gasteiger partial charge in [0.2, 0.25) is 0 Å². The van der Waals surface area contributed by atoms with Gasteiger partial charge < -0.3 is 4.74 Å². The summed E-state index contributed by atoms with van der Waals surface area (Å²) in [6, 6.07) is 0. The average molecular weight is 238 g/mol. The summed E-state index contributed by atoms with van der Waals surface area (Å²) in [7, 11) is 1.67. The van der Waals surface area contributed by atoms with E-state index in [1.807, 2.05) is 72.8 Å². The van der Waals surface area contributed by atoms with Gasteiger partial charge in [0.05, 0.1) is 12.9 Å². The first kappa shape index (κ1) is 21.1. The third-order valence-electron chi connectivity index (χ3n) is 1.86. The lowest BCUT2D eigenvalue weighted by Gasteiger charge is -2.04. The average Bonchev–Trinajstić information content (AvgIpc) is 2.43. The molecule has 0 atom stereocenters. The van der Waals surface area contributed by atoms with Crippen LogP contribution in [0.2, 0.25) is 0 Å². The van der Waals surface area contributed by atoms with E-state index in [1.54, 1.807) is 7.11 Å². The summed E-state index contributed by atoms with van der Waals surface area (Å²) in [4.78, 5) is 0. The molecule has 17 heavy (non-hydrogen) atoms. The molecule has 0 aromatic rings. The molecule has 0 aliphatic rings. The van der Waals surface area contributed by atoms with Crippen molar-refractivity contribution < 1.29 is 4.74 Å². The van der Waals surface area contributed by atoms with Gasteiger partial charge >= 0.3 is 0 Å². The lowest BCUT2D eigenvalue weighted by atomic mass is 10.1. The molecule has 0 saturated heterocycles. The highest BCUT2D eigenvalue weighted by molar-refractivity contribution is 5.45. The largest absolute Gasteiger partial charge is 0.501 e. The minimum Gasteiger partial charge on any atom is -0.501 e. The van der Waals surface area contributed by atoms with Crippen molar-refractivity contribution in [1.82, 2.24) is 0 Å². The summed E-state index contributed by atoms with van der Waals surface area (Å²) >= 11 is 0. The molecule has 1 nitrogen and oxygen atoms in total. The van der Waals surface area contributed by atoms with E-state index in [0.717, 1.165) is 16.9 Å². The van der Waals surface area contributed by atoms with Crippen molar-refractivity contribution >= 4 is 0 Å². The van der Waals surface area contributed by atoms with Gasteiger partial charge in [0.1, 0.15) is 0 Å². The number of rotatable bonds is 4. The second-order valence-corrected chi connectivity index (χ2v) is 2.65. The molecule has 100 valence electrons. The first-order valence-corrected chi connectivity index (χ1v) is 6.37. The van der Waals surface area contributed by atoms with E-state index in [2.05, 4.69) is 6.58 Å². The molecular formula is C16H30O. The van der Waals surface area contributed by atoms with Gasteiger partial charge in [0.25, 0.3) is 0 Å². The zero-order valence-electron chi connectivity index (χ0n) is 12.9. The van der Waals surface area contributed by atoms with Crippen molar-refractivity contribution in [3.8, 4) is 0 Å². The molecule has 0 aromatic heterocycles. The number of allylic oxidation sites excluding steroid dienone is 7. The molecule has 0 aliphatic heterocycles. The van der Waals surface area contributed by atoms with E-state index in [-0.39, 0.29) is 0 Å². The van der Waals surface area contributed by atoms with Crippen LogP contribution in [-0.2, 0) is 4.74 Å². The van der Waals surface area contributed by atoms with Crippen LogP contribution in [0.1, 0.15) is 48.5 Å². The highest BCUT2D eigenvalue weighted by Gasteiger charge is 1.96. The zero-order chi connectivity index (χ0) is 14.3. The van der Waals surface area contributed by atoms with Crippen molar-refractivity contribution in [3.63, 3.8) is 0 Å². The van der Waals surface area contributed by atoms with Crippen LogP contribution in [0.25, 0.3) is 0 Å². The van der Waals surface area contributed by atoms with Crippen LogP contribution in [0.5, 0.6) is 0 Å². The Morgan fingerprint density at radius 2 is 1.35 bits per heavy atom. The van der Waals surface area contributed by atoms with E-state index in [4.69, 9.17) is 4.74 Å². The first-order chi connectivity index (χ1) is 8.19. The van der Waals surface area contributed by atoms with Gasteiger partial charge in [-0.3, -0.25) is 0 Å². The molecule has 0 spiro atoms. The summed E-state index contributed by atoms with van der Waals surface area (Å²) in [5.74, 6) is 0.898. The second kappa shape index (κ2) is 17.2. The van der Waals surface area contributed by atoms with Crippen molar-refractivity contribution in [2.24, 2.45) is 0 Å². The fourth-order valence-corrected chi connectivity index (χ4v) is 1.01. The maximum absolute atomic E-state index is 5.08. The summed E-state index contributed by atoms with van der Waals surface area (Å²) < 4.78 is 5.08. The van der Waals surface area contributed by atoms with Crippen LogP contribution in [0.4, 0.5) is 0 Å². The fourth-order valence-electron chi connectivity index (χ4n) is 1.01. The minimum atomic E-state index is 0.898. The molecule has 0 amide bonds. The minimum absolute atomic E-state index is 0.898. The lowest BCUT2D eigenvalue weighted by molar-refractivity contribution is 0.293. The second-order valence-electron chi connectivity index (χ2n) is 2.65. The monoisotopic (exact) mass is 238 g/mol. The molecule has 0 fully saturated rings. The summed E-state index contributed by atoms with van der Waals surface area (Å²) in [5, 5.41) is 0. The van der Waals surface area contributed by atoms with Gasteiger partial charge in [-0.25, -0.2) is 0 Å². The summed E-state index contributed by atoms with van der Waals surface area (Å²) in [5.41, 5.74) is 2.26. The molecule has 0 saturated carbocycles. The quantitative estimate of drug-likeness (QED) is 0.453. The van der Waals surface area contributed by atoms with Gasteiger partial charge in [-0.15, -0.1) is 0 Å². The van der Waals surface area contributed by atoms with E-state index in [0.29, 0.717) is 0 Å². The Balaban J connectivity index is -0.000000439. The maximum atomic E-state index is 5.08. The van der Waals surface area contributed by atoms with Gasteiger partial charge in [0, 0.05) is 0 Å². The smallest absolute Gasteiger partial charge is 0.0930 e. The van der Waals surface area contributed by atoms with Gasteiger partial charge in [0.15, 0.2) is 0 Å². The van der Waals surface area contributed by atoms with Crippen molar-refractivity contribution in [2.45, 2.75) is 48.5 Å². The van der Waals surface area contributed by atoms with Crippen LogP contribution in [0.15, 0.2) is 47.8 Å². The van der Waals surface area contributed by atoms with Crippen molar-refractivity contribution in [3.05, 3.63) is 47.8 Å². The number of ether oxygens (including phenoxy) is 1. The Morgan fingerprint density at radius 3 is 1.59 bits per heavy atom. The SMILES string of the molecule is C=CC(=C/C)/C(=C\C)/C=C(\C)OC.CC.CC. The lowest BCUT2D eigenvalue weighted by Crippen LogP contribution is -1.86. The van der Waals surface area contributed by atoms with E-state index < -0.39 is 0 Å². The molecular weight excluding hydrogens is 208 g/mol. The summed E-state index contributed by atoms with van der Waals surface area (Å²) in [6.07, 6.45) is 7.91. The third-order valence-corrected chi connectivity index (χ3v) is 1.86. The Labute approximate surface area is 109 Å². The fraction of sp³-hybridized carbons (Fsp3) is 0.500. The van der Waals surface area contributed by atoms with E-state index >= 15 is 0 Å². The molecule has 0 rings (SSSR count). The molecule has 0 bridgehead atoms. The third kappa shape index (κ3) is 11.0. The highest BCUT2D eigenvalue weighted by Crippen LogP contribution is 2.14. The topological polar surface area (TPSA) is 9.23 Å². The Kier molecular flexibility index (Phi) is 21.3. The molecule has 0 aromatic carbocycles. The van der Waals surface area contributed by atoms with Crippen LogP contribution in [-0.4, -0.2) is 7.11 Å². The van der Waals surface area contributed by atoms with Crippen LogP contribution in [0, 0.1) is 0 Å². The number of hydrogen-bond donors (Lipinski definition) is 0. The normalized spacial score (nSPS) is 11.6. The van der Waals surface area contributed by atoms with Crippen LogP contribution >= 0.6 is 0 Å². The molecule has 0 N–H and O–H groups in total. The standard InChI is InChI=1S/C12H18O.2C2H6/c1-6-11(7-2)12(8-3)9-10(4)13-5;2*1-2/h6-9H,1H2,2-5H3;2*1-2H3/b10-9+,11-7-,12-8-;;. The molecule has 1 heteroatoms. The number of hydrogen-bond acceptors (Lipinski definition) is 1. The molecule has 0 heterocycles. The first-order valence-electron chi connectivity index (χ1n) is 6.37. The predicted molar refractivity (Wildman–Crippen MR) is 81.2 cm³/mol. The maximum Gasteiger partial charge on any atom is 0.0930 e. The van der Waals surface area contributed by atoms with Crippen molar-refractivity contribution in [2.75, 3.05) is 7.11 Å². The molecule has 0 unspecified atom stereocenters. The Bertz CT molecular complexity index is 255. The Morgan fingerprint density at radius 1 is 0.941 bits per heavy atom.